The third kappa shape index (κ3) is 6.72. The van der Waals surface area contributed by atoms with E-state index in [9.17, 15) is 44.6 Å². The van der Waals surface area contributed by atoms with Crippen molar-refractivity contribution in [2.45, 2.75) is 42.5 Å². The molecule has 0 saturated heterocycles. The smallest absolute Gasteiger partial charge is 0.372 e. The predicted octanol–water partition coefficient (Wildman–Crippen LogP) is 9.09. The van der Waals surface area contributed by atoms with Gasteiger partial charge in [0.1, 0.15) is 17.3 Å². The topological polar surface area (TPSA) is 101 Å². The lowest BCUT2D eigenvalue weighted by molar-refractivity contribution is -0.372. The number of pyridine rings is 3. The normalized spacial score (nSPS) is 12.9. The Morgan fingerprint density at radius 2 is 1.52 bits per heavy atom. The van der Waals surface area contributed by atoms with E-state index in [1.165, 1.54) is 30.5 Å². The van der Waals surface area contributed by atoms with Crippen LogP contribution in [0.3, 0.4) is 0 Å². The van der Waals surface area contributed by atoms with Crippen LogP contribution >= 0.6 is 11.9 Å². The van der Waals surface area contributed by atoms with Gasteiger partial charge in [0, 0.05) is 44.7 Å². The molecule has 0 fully saturated rings. The molecule has 0 aliphatic carbocycles. The minimum Gasteiger partial charge on any atom is -0.372 e. The molecular weight excluding hydrogens is 701 g/mol. The van der Waals surface area contributed by atoms with E-state index in [1.54, 1.807) is 49.5 Å². The number of hydrogen-bond donors (Lipinski definition) is 3. The van der Waals surface area contributed by atoms with Gasteiger partial charge in [0.15, 0.2) is 0 Å². The number of benzene rings is 2. The third-order valence-corrected chi connectivity index (χ3v) is 8.57. The van der Waals surface area contributed by atoms with Crippen molar-refractivity contribution in [2.75, 3.05) is 10.0 Å². The lowest BCUT2D eigenvalue weighted by atomic mass is 9.98. The van der Waals surface area contributed by atoms with Crippen LogP contribution in [0, 0.1) is 6.92 Å². The molecule has 0 aliphatic heterocycles. The zero-order valence-electron chi connectivity index (χ0n) is 25.3. The van der Waals surface area contributed by atoms with Gasteiger partial charge >= 0.3 is 18.5 Å². The number of halogens is 9. The number of aliphatic hydroxyl groups is 1. The molecule has 0 unspecified atom stereocenters. The van der Waals surface area contributed by atoms with Crippen LogP contribution in [-0.2, 0) is 12.7 Å². The molecule has 4 heterocycles. The lowest BCUT2D eigenvalue weighted by Gasteiger charge is -2.32. The summed E-state index contributed by atoms with van der Waals surface area (Å²) < 4.78 is 122. The van der Waals surface area contributed by atoms with Gasteiger partial charge in [0.2, 0.25) is 0 Å². The van der Waals surface area contributed by atoms with Gasteiger partial charge in [-0.1, -0.05) is 12.1 Å². The minimum atomic E-state index is -6.00. The van der Waals surface area contributed by atoms with Crippen molar-refractivity contribution >= 4 is 50.9 Å². The number of rotatable bonds is 8. The van der Waals surface area contributed by atoms with E-state index < -0.39 is 36.4 Å². The monoisotopic (exact) mass is 723 g/mol. The molecule has 3 N–H and O–H groups in total. The first-order valence-corrected chi connectivity index (χ1v) is 15.2. The van der Waals surface area contributed by atoms with Gasteiger partial charge in [-0.25, -0.2) is 9.97 Å². The average Bonchev–Trinajstić information content (AvgIpc) is 3.46. The summed E-state index contributed by atoms with van der Waals surface area (Å²) in [5, 5.41) is 18.2. The van der Waals surface area contributed by atoms with Gasteiger partial charge in [0.05, 0.1) is 24.0 Å². The second kappa shape index (κ2) is 12.7. The van der Waals surface area contributed by atoms with E-state index in [4.69, 9.17) is 0 Å². The van der Waals surface area contributed by atoms with Crippen LogP contribution < -0.4 is 10.0 Å². The molecule has 6 rings (SSSR count). The lowest BCUT2D eigenvalue weighted by Crippen LogP contribution is -2.59. The maximum absolute atomic E-state index is 13.4. The summed E-state index contributed by atoms with van der Waals surface area (Å²) in [4.78, 5) is 13.2. The average molecular weight is 724 g/mol. The maximum Gasteiger partial charge on any atom is 0.433 e. The zero-order chi connectivity index (χ0) is 36.1. The molecule has 18 heteroatoms. The molecule has 0 aliphatic rings. The summed E-state index contributed by atoms with van der Waals surface area (Å²) in [7, 11) is 0. The summed E-state index contributed by atoms with van der Waals surface area (Å²) in [5.41, 5.74) is -3.98. The van der Waals surface area contributed by atoms with Crippen molar-refractivity contribution in [3.63, 3.8) is 0 Å². The Labute approximate surface area is 280 Å². The van der Waals surface area contributed by atoms with E-state index in [0.717, 1.165) is 24.2 Å². The number of alkyl halides is 9. The van der Waals surface area contributed by atoms with Crippen LogP contribution in [-0.4, -0.2) is 47.8 Å². The fourth-order valence-corrected chi connectivity index (χ4v) is 5.70. The quantitative estimate of drug-likeness (QED) is 0.106. The van der Waals surface area contributed by atoms with Crippen molar-refractivity contribution in [3.8, 4) is 11.3 Å². The SMILES string of the molecule is Cc1c(-c2nccc3cnc(Nc4ccc(SNc5cccc(C(F)(F)F)n5)cc4)cc23)ccc2c1cnn2CC(O)(C(F)(F)F)C(F)(F)F. The molecule has 8 nitrogen and oxygen atoms in total. The van der Waals surface area contributed by atoms with Crippen molar-refractivity contribution in [2.24, 2.45) is 0 Å². The Morgan fingerprint density at radius 1 is 0.800 bits per heavy atom. The third-order valence-electron chi connectivity index (χ3n) is 7.76. The highest BCUT2D eigenvalue weighted by Crippen LogP contribution is 2.45. The summed E-state index contributed by atoms with van der Waals surface area (Å²) in [5.74, 6) is 0.457. The molecule has 50 heavy (non-hydrogen) atoms. The van der Waals surface area contributed by atoms with Gasteiger partial charge in [0.25, 0.3) is 5.60 Å². The number of nitrogens with one attached hydrogen (secondary N) is 2. The Hall–Kier alpha value is -5.10. The second-order valence-electron chi connectivity index (χ2n) is 11.0. The van der Waals surface area contributed by atoms with Crippen LogP contribution in [0.1, 0.15) is 11.3 Å². The summed E-state index contributed by atoms with van der Waals surface area (Å²) in [6, 6.07) is 16.7. The Kier molecular flexibility index (Phi) is 8.80. The van der Waals surface area contributed by atoms with Crippen molar-refractivity contribution in [1.29, 1.82) is 0 Å². The van der Waals surface area contributed by atoms with E-state index >= 15 is 0 Å². The standard InChI is InChI=1S/C32H22F9N7OS/c1-17-21(9-10-24-23(17)15-44-48(24)16-29(49,31(36,37)38)32(39,40)41)28-22-13-27(43-14-18(22)11-12-42-28)45-19-5-7-20(8-6-19)50-47-26-4-2-3-25(46-26)30(33,34)35/h2-15,49H,16H2,1H3,(H,43,45)(H,46,47). The number of nitrogens with zero attached hydrogens (tertiary/aromatic N) is 5. The van der Waals surface area contributed by atoms with Crippen LogP contribution in [0.5, 0.6) is 0 Å². The highest BCUT2D eigenvalue weighted by Gasteiger charge is 2.70. The molecule has 0 atom stereocenters. The zero-order valence-corrected chi connectivity index (χ0v) is 26.1. The second-order valence-corrected chi connectivity index (χ2v) is 11.9. The molecule has 6 aromatic rings. The number of aryl methyl sites for hydroxylation is 1. The van der Waals surface area contributed by atoms with Gasteiger partial charge < -0.3 is 15.1 Å². The van der Waals surface area contributed by atoms with E-state index in [-0.39, 0.29) is 16.7 Å². The highest BCUT2D eigenvalue weighted by molar-refractivity contribution is 8.00. The van der Waals surface area contributed by atoms with Crippen LogP contribution in [0.4, 0.5) is 56.8 Å². The summed E-state index contributed by atoms with van der Waals surface area (Å²) in [6.07, 6.45) is -12.3. The molecule has 0 bridgehead atoms. The molecule has 0 spiro atoms. The number of anilines is 3. The van der Waals surface area contributed by atoms with Crippen LogP contribution in [0.2, 0.25) is 0 Å². The molecule has 0 radical (unpaired) electrons. The number of hydrogen-bond acceptors (Lipinski definition) is 8. The number of fused-ring (bicyclic) bond motifs is 2. The Bertz CT molecular complexity index is 2170. The van der Waals surface area contributed by atoms with E-state index in [2.05, 4.69) is 30.1 Å². The fraction of sp³-hybridized carbons (Fsp3) is 0.188. The molecular formula is C32H22F9N7OS. The molecule has 0 amide bonds. The predicted molar refractivity (Wildman–Crippen MR) is 169 cm³/mol. The highest BCUT2D eigenvalue weighted by atomic mass is 32.2. The van der Waals surface area contributed by atoms with Crippen LogP contribution in [0.15, 0.2) is 90.2 Å². The first-order valence-electron chi connectivity index (χ1n) is 14.3. The Morgan fingerprint density at radius 3 is 2.20 bits per heavy atom. The van der Waals surface area contributed by atoms with Gasteiger partial charge in [-0.2, -0.15) is 44.6 Å². The fourth-order valence-electron chi connectivity index (χ4n) is 5.09. The molecule has 4 aromatic heterocycles. The van der Waals surface area contributed by atoms with E-state index in [1.807, 2.05) is 0 Å². The van der Waals surface area contributed by atoms with Crippen molar-refractivity contribution < 1.29 is 44.6 Å². The molecule has 2 aromatic carbocycles. The molecule has 0 saturated carbocycles. The van der Waals surface area contributed by atoms with Gasteiger partial charge in [-0.3, -0.25) is 9.67 Å². The summed E-state index contributed by atoms with van der Waals surface area (Å²) in [6.45, 7) is -0.263. The van der Waals surface area contributed by atoms with Gasteiger partial charge in [-0.15, -0.1) is 0 Å². The number of aromatic nitrogens is 5. The minimum absolute atomic E-state index is 0.0371. The Balaban J connectivity index is 1.23. The first-order chi connectivity index (χ1) is 23.4. The largest absolute Gasteiger partial charge is 0.433 e. The first kappa shape index (κ1) is 34.8. The van der Waals surface area contributed by atoms with Crippen LogP contribution in [0.25, 0.3) is 32.9 Å². The molecule has 260 valence electrons. The van der Waals surface area contributed by atoms with Crippen molar-refractivity contribution in [3.05, 3.63) is 96.6 Å². The van der Waals surface area contributed by atoms with Gasteiger partial charge in [-0.05, 0) is 79.0 Å². The van der Waals surface area contributed by atoms with Crippen molar-refractivity contribution in [1.82, 2.24) is 24.7 Å². The summed E-state index contributed by atoms with van der Waals surface area (Å²) >= 11 is 1.07. The van der Waals surface area contributed by atoms with E-state index in [0.29, 0.717) is 48.7 Å². The maximum atomic E-state index is 13.4.